The Balaban J connectivity index is 2.01. The molecule has 0 saturated carbocycles. The van der Waals surface area contributed by atoms with E-state index in [-0.39, 0.29) is 0 Å². The topological polar surface area (TPSA) is 26.5 Å². The predicted molar refractivity (Wildman–Crippen MR) is 85.7 cm³/mol. The highest BCUT2D eigenvalue weighted by Crippen LogP contribution is 2.29. The molecule has 0 radical (unpaired) electrons. The van der Waals surface area contributed by atoms with E-state index in [0.717, 1.165) is 28.3 Å². The molecule has 0 unspecified atom stereocenters. The highest BCUT2D eigenvalue weighted by Gasteiger charge is 2.13. The number of hydrogen-bond acceptors (Lipinski definition) is 2. The van der Waals surface area contributed by atoms with Crippen molar-refractivity contribution >= 4 is 28.8 Å². The third-order valence-corrected chi connectivity index (χ3v) is 3.95. The van der Waals surface area contributed by atoms with Gasteiger partial charge in [-0.2, -0.15) is 4.98 Å². The molecule has 21 heavy (non-hydrogen) atoms. The van der Waals surface area contributed by atoms with Crippen molar-refractivity contribution in [3.63, 3.8) is 0 Å². The molecule has 0 amide bonds. The van der Waals surface area contributed by atoms with Gasteiger partial charge in [-0.3, -0.25) is 4.40 Å². The number of imidazole rings is 1. The summed E-state index contributed by atoms with van der Waals surface area (Å²) in [5.74, 6) is 1.57. The maximum absolute atomic E-state index is 6.13. The van der Waals surface area contributed by atoms with E-state index in [1.54, 1.807) is 0 Å². The Kier molecular flexibility index (Phi) is 4.04. The van der Waals surface area contributed by atoms with Gasteiger partial charge < -0.3 is 4.74 Å². The summed E-state index contributed by atoms with van der Waals surface area (Å²) >= 11 is 12.2. The minimum absolute atomic E-state index is 0.328. The van der Waals surface area contributed by atoms with E-state index in [2.05, 4.69) is 11.9 Å². The molecular weight excluding hydrogens is 307 g/mol. The quantitative estimate of drug-likeness (QED) is 0.626. The summed E-state index contributed by atoms with van der Waals surface area (Å²) in [6.45, 7) is 2.06. The van der Waals surface area contributed by atoms with Crippen molar-refractivity contribution in [1.29, 1.82) is 0 Å². The number of rotatable bonds is 4. The van der Waals surface area contributed by atoms with Crippen LogP contribution >= 0.6 is 23.2 Å². The molecule has 0 aliphatic heterocycles. The molecule has 5 heteroatoms. The van der Waals surface area contributed by atoms with Gasteiger partial charge in [0, 0.05) is 11.2 Å². The summed E-state index contributed by atoms with van der Waals surface area (Å²) in [6.07, 6.45) is 2.77. The number of aromatic nitrogens is 2. The lowest BCUT2D eigenvalue weighted by atomic mass is 10.1. The van der Waals surface area contributed by atoms with Gasteiger partial charge in [-0.05, 0) is 42.3 Å². The molecule has 0 spiro atoms. The minimum Gasteiger partial charge on any atom is -0.437 e. The largest absolute Gasteiger partial charge is 0.437 e. The molecule has 0 aliphatic carbocycles. The van der Waals surface area contributed by atoms with Crippen molar-refractivity contribution in [3.05, 3.63) is 58.9 Å². The van der Waals surface area contributed by atoms with Crippen molar-refractivity contribution in [2.24, 2.45) is 0 Å². The first-order valence-electron chi connectivity index (χ1n) is 6.71. The van der Waals surface area contributed by atoms with Crippen LogP contribution in [0, 0.1) is 0 Å². The number of ether oxygens (including phenoxy) is 1. The molecule has 3 nitrogen and oxygen atoms in total. The van der Waals surface area contributed by atoms with E-state index in [4.69, 9.17) is 27.9 Å². The van der Waals surface area contributed by atoms with Gasteiger partial charge in [0.1, 0.15) is 17.1 Å². The highest BCUT2D eigenvalue weighted by atomic mass is 35.5. The Morgan fingerprint density at radius 2 is 2.10 bits per heavy atom. The summed E-state index contributed by atoms with van der Waals surface area (Å²) in [5.41, 5.74) is 2.69. The van der Waals surface area contributed by atoms with Crippen molar-refractivity contribution in [1.82, 2.24) is 9.38 Å². The third-order valence-electron chi connectivity index (χ3n) is 3.33. The van der Waals surface area contributed by atoms with Gasteiger partial charge in [0.05, 0.1) is 5.88 Å². The Morgan fingerprint density at radius 1 is 1.24 bits per heavy atom. The smallest absolute Gasteiger partial charge is 0.242 e. The first-order valence-corrected chi connectivity index (χ1v) is 7.62. The molecule has 2 heterocycles. The summed E-state index contributed by atoms with van der Waals surface area (Å²) in [4.78, 5) is 4.48. The van der Waals surface area contributed by atoms with Gasteiger partial charge in [0.15, 0.2) is 0 Å². The molecule has 0 saturated heterocycles. The van der Waals surface area contributed by atoms with Crippen LogP contribution < -0.4 is 4.74 Å². The molecule has 1 aromatic carbocycles. The van der Waals surface area contributed by atoms with Gasteiger partial charge in [0.25, 0.3) is 0 Å². The van der Waals surface area contributed by atoms with E-state index < -0.39 is 0 Å². The fraction of sp³-hybridized carbons (Fsp3) is 0.188. The summed E-state index contributed by atoms with van der Waals surface area (Å²) in [5, 5.41) is 0.748. The maximum atomic E-state index is 6.13. The first-order chi connectivity index (χ1) is 10.2. The lowest BCUT2D eigenvalue weighted by Gasteiger charge is -2.07. The molecule has 0 N–H and O–H groups in total. The van der Waals surface area contributed by atoms with Crippen molar-refractivity contribution < 1.29 is 4.74 Å². The van der Waals surface area contributed by atoms with Gasteiger partial charge in [-0.15, -0.1) is 11.6 Å². The third kappa shape index (κ3) is 2.71. The van der Waals surface area contributed by atoms with E-state index in [0.29, 0.717) is 17.5 Å². The number of halogens is 2. The highest BCUT2D eigenvalue weighted by molar-refractivity contribution is 6.31. The van der Waals surface area contributed by atoms with Gasteiger partial charge in [-0.1, -0.05) is 24.6 Å². The van der Waals surface area contributed by atoms with Crippen molar-refractivity contribution in [2.75, 3.05) is 0 Å². The maximum Gasteiger partial charge on any atom is 0.242 e. The molecule has 0 aliphatic rings. The predicted octanol–water partition coefficient (Wildman–Crippen LogP) is 5.08. The zero-order valence-electron chi connectivity index (χ0n) is 11.5. The van der Waals surface area contributed by atoms with E-state index in [1.165, 1.54) is 0 Å². The van der Waals surface area contributed by atoms with Gasteiger partial charge in [-0.25, -0.2) is 0 Å². The molecule has 0 fully saturated rings. The Bertz CT molecular complexity index is 783. The van der Waals surface area contributed by atoms with Crippen LogP contribution in [0.25, 0.3) is 5.65 Å². The lowest BCUT2D eigenvalue weighted by Crippen LogP contribution is -1.93. The average molecular weight is 321 g/mol. The Morgan fingerprint density at radius 3 is 2.86 bits per heavy atom. The number of fused-ring (bicyclic) bond motifs is 1. The SMILES string of the molecule is CCc1cc(Oc2nc3ccccn3c2CCl)ccc1Cl. The standard InChI is InChI=1S/C16H14Cl2N2O/c1-2-11-9-12(6-7-13(11)18)21-16-14(10-17)20-8-4-3-5-15(20)19-16/h3-9H,2,10H2,1H3. The zero-order chi connectivity index (χ0) is 14.8. The number of nitrogens with zero attached hydrogens (tertiary/aromatic N) is 2. The number of alkyl halides is 1. The van der Waals surface area contributed by atoms with Crippen molar-refractivity contribution in [3.8, 4) is 11.6 Å². The van der Waals surface area contributed by atoms with Crippen LogP contribution in [0.4, 0.5) is 0 Å². The van der Waals surface area contributed by atoms with Crippen LogP contribution in [0.3, 0.4) is 0 Å². The second-order valence-corrected chi connectivity index (χ2v) is 5.31. The summed E-state index contributed by atoms with van der Waals surface area (Å²) in [7, 11) is 0. The average Bonchev–Trinajstić information content (AvgIpc) is 2.86. The van der Waals surface area contributed by atoms with Crippen molar-refractivity contribution in [2.45, 2.75) is 19.2 Å². The van der Waals surface area contributed by atoms with Gasteiger partial charge >= 0.3 is 0 Å². The normalized spacial score (nSPS) is 11.0. The van der Waals surface area contributed by atoms with Crippen LogP contribution in [0.15, 0.2) is 42.6 Å². The van der Waals surface area contributed by atoms with Crippen LogP contribution in [0.2, 0.25) is 5.02 Å². The number of benzene rings is 1. The Hall–Kier alpha value is -1.71. The molecule has 0 atom stereocenters. The van der Waals surface area contributed by atoms with Crippen LogP contribution in [0.1, 0.15) is 18.2 Å². The van der Waals surface area contributed by atoms with E-state index >= 15 is 0 Å². The molecule has 108 valence electrons. The zero-order valence-corrected chi connectivity index (χ0v) is 13.0. The summed E-state index contributed by atoms with van der Waals surface area (Å²) in [6, 6.07) is 11.4. The fourth-order valence-electron chi connectivity index (χ4n) is 2.23. The van der Waals surface area contributed by atoms with Crippen LogP contribution in [-0.4, -0.2) is 9.38 Å². The molecule has 3 rings (SSSR count). The molecule has 0 bridgehead atoms. The Labute approximate surface area is 133 Å². The van der Waals surface area contributed by atoms with E-state index in [1.807, 2.05) is 47.0 Å². The molecule has 3 aromatic rings. The lowest BCUT2D eigenvalue weighted by molar-refractivity contribution is 0.461. The minimum atomic E-state index is 0.328. The van der Waals surface area contributed by atoms with Crippen LogP contribution in [-0.2, 0) is 12.3 Å². The summed E-state index contributed by atoms with van der Waals surface area (Å²) < 4.78 is 7.84. The molecule has 2 aromatic heterocycles. The fourth-order valence-corrected chi connectivity index (χ4v) is 2.72. The molecular formula is C16H14Cl2N2O. The number of pyridine rings is 1. The monoisotopic (exact) mass is 320 g/mol. The number of hydrogen-bond donors (Lipinski definition) is 0. The number of aryl methyl sites for hydroxylation is 1. The second-order valence-electron chi connectivity index (χ2n) is 4.63. The van der Waals surface area contributed by atoms with Crippen LogP contribution in [0.5, 0.6) is 11.6 Å². The first kappa shape index (κ1) is 14.2. The van der Waals surface area contributed by atoms with E-state index in [9.17, 15) is 0 Å². The second kappa shape index (κ2) is 5.96. The van der Waals surface area contributed by atoms with Gasteiger partial charge in [0.2, 0.25) is 5.88 Å².